The van der Waals surface area contributed by atoms with Crippen molar-refractivity contribution in [2.45, 2.75) is 44.0 Å². The van der Waals surface area contributed by atoms with Crippen LogP contribution in [0.25, 0.3) is 0 Å². The van der Waals surface area contributed by atoms with Gasteiger partial charge in [-0.15, -0.1) is 0 Å². The van der Waals surface area contributed by atoms with E-state index in [2.05, 4.69) is 22.4 Å². The van der Waals surface area contributed by atoms with Crippen LogP contribution in [-0.4, -0.2) is 48.6 Å². The Morgan fingerprint density at radius 1 is 1.47 bits per heavy atom. The summed E-state index contributed by atoms with van der Waals surface area (Å²) in [5.74, 6) is 0. The number of aromatic amines is 1. The van der Waals surface area contributed by atoms with Gasteiger partial charge in [0.05, 0.1) is 11.9 Å². The molecule has 2 rings (SSSR count). The van der Waals surface area contributed by atoms with Gasteiger partial charge in [0, 0.05) is 19.1 Å². The number of nitrogens with zero attached hydrogens (tertiary/aromatic N) is 2. The van der Waals surface area contributed by atoms with Crippen LogP contribution in [0, 0.1) is 6.92 Å². The number of sulfonamides is 1. The number of rotatable bonds is 5. The van der Waals surface area contributed by atoms with E-state index in [4.69, 9.17) is 0 Å². The zero-order valence-electron chi connectivity index (χ0n) is 11.5. The van der Waals surface area contributed by atoms with Crippen LogP contribution in [0.15, 0.2) is 11.1 Å². The molecule has 0 radical (unpaired) electrons. The van der Waals surface area contributed by atoms with E-state index in [1.807, 2.05) is 0 Å². The van der Waals surface area contributed by atoms with Gasteiger partial charge in [-0.3, -0.25) is 5.10 Å². The SMILES string of the molecule is CCCNC1CCN(S(=O)(=O)c2cn[nH]c2C)CC1. The van der Waals surface area contributed by atoms with E-state index < -0.39 is 10.0 Å². The Labute approximate surface area is 114 Å². The van der Waals surface area contributed by atoms with Crippen molar-refractivity contribution in [3.8, 4) is 0 Å². The predicted octanol–water partition coefficient (Wildman–Crippen LogP) is 0.871. The van der Waals surface area contributed by atoms with Crippen molar-refractivity contribution in [2.75, 3.05) is 19.6 Å². The summed E-state index contributed by atoms with van der Waals surface area (Å²) in [5, 5.41) is 9.93. The second-order valence-electron chi connectivity index (χ2n) is 4.99. The molecular formula is C12H22N4O2S. The van der Waals surface area contributed by atoms with E-state index in [1.54, 1.807) is 11.2 Å². The largest absolute Gasteiger partial charge is 0.314 e. The minimum Gasteiger partial charge on any atom is -0.314 e. The quantitative estimate of drug-likeness (QED) is 0.842. The summed E-state index contributed by atoms with van der Waals surface area (Å²) in [6, 6.07) is 0.442. The summed E-state index contributed by atoms with van der Waals surface area (Å²) >= 11 is 0. The van der Waals surface area contributed by atoms with Gasteiger partial charge in [-0.05, 0) is 32.7 Å². The van der Waals surface area contributed by atoms with Gasteiger partial charge in [0.25, 0.3) is 0 Å². The minimum absolute atomic E-state index is 0.299. The second kappa shape index (κ2) is 6.02. The molecule has 1 aliphatic heterocycles. The Hall–Kier alpha value is -0.920. The molecule has 1 aliphatic rings. The molecular weight excluding hydrogens is 264 g/mol. The average Bonchev–Trinajstić information content (AvgIpc) is 2.84. The highest BCUT2D eigenvalue weighted by Crippen LogP contribution is 2.21. The van der Waals surface area contributed by atoms with Gasteiger partial charge >= 0.3 is 0 Å². The molecule has 6 nitrogen and oxygen atoms in total. The number of hydrogen-bond acceptors (Lipinski definition) is 4. The number of H-pyrrole nitrogens is 1. The van der Waals surface area contributed by atoms with Gasteiger partial charge in [-0.2, -0.15) is 9.40 Å². The van der Waals surface area contributed by atoms with Crippen LogP contribution >= 0.6 is 0 Å². The van der Waals surface area contributed by atoms with Crippen LogP contribution in [0.5, 0.6) is 0 Å². The first-order valence-electron chi connectivity index (χ1n) is 6.79. The number of piperidine rings is 1. The van der Waals surface area contributed by atoms with Crippen molar-refractivity contribution in [2.24, 2.45) is 0 Å². The summed E-state index contributed by atoms with van der Waals surface area (Å²) in [7, 11) is -3.38. The monoisotopic (exact) mass is 286 g/mol. The van der Waals surface area contributed by atoms with Crippen LogP contribution in [-0.2, 0) is 10.0 Å². The molecule has 0 unspecified atom stereocenters. The van der Waals surface area contributed by atoms with Gasteiger partial charge in [0.2, 0.25) is 10.0 Å². The maximum absolute atomic E-state index is 12.4. The molecule has 0 aromatic carbocycles. The highest BCUT2D eigenvalue weighted by molar-refractivity contribution is 7.89. The molecule has 0 amide bonds. The summed E-state index contributed by atoms with van der Waals surface area (Å²) in [6.45, 7) is 6.02. The fourth-order valence-corrected chi connectivity index (χ4v) is 3.98. The fraction of sp³-hybridized carbons (Fsp3) is 0.750. The fourth-order valence-electron chi connectivity index (χ4n) is 2.39. The topological polar surface area (TPSA) is 78.1 Å². The van der Waals surface area contributed by atoms with E-state index in [0.29, 0.717) is 29.7 Å². The molecule has 0 aliphatic carbocycles. The van der Waals surface area contributed by atoms with Crippen molar-refractivity contribution in [1.82, 2.24) is 19.8 Å². The average molecular weight is 286 g/mol. The molecule has 1 saturated heterocycles. The molecule has 2 N–H and O–H groups in total. The Balaban J connectivity index is 2.00. The van der Waals surface area contributed by atoms with Crippen molar-refractivity contribution in [3.63, 3.8) is 0 Å². The lowest BCUT2D eigenvalue weighted by Gasteiger charge is -2.31. The third-order valence-electron chi connectivity index (χ3n) is 3.54. The van der Waals surface area contributed by atoms with Crippen LogP contribution in [0.2, 0.25) is 0 Å². The highest BCUT2D eigenvalue weighted by atomic mass is 32.2. The normalized spacial score (nSPS) is 18.8. The summed E-state index contributed by atoms with van der Waals surface area (Å²) in [5.41, 5.74) is 0.603. The van der Waals surface area contributed by atoms with Crippen molar-refractivity contribution >= 4 is 10.0 Å². The van der Waals surface area contributed by atoms with Crippen molar-refractivity contribution in [1.29, 1.82) is 0 Å². The molecule has 7 heteroatoms. The standard InChI is InChI=1S/C12H22N4O2S/c1-3-6-13-11-4-7-16(8-5-11)19(17,18)12-9-14-15-10(12)2/h9,11,13H,3-8H2,1-2H3,(H,14,15). The van der Waals surface area contributed by atoms with Gasteiger partial charge in [0.15, 0.2) is 0 Å². The van der Waals surface area contributed by atoms with Crippen LogP contribution in [0.3, 0.4) is 0 Å². The van der Waals surface area contributed by atoms with Gasteiger partial charge in [-0.1, -0.05) is 6.92 Å². The summed E-state index contributed by atoms with van der Waals surface area (Å²) < 4.78 is 26.4. The van der Waals surface area contributed by atoms with Gasteiger partial charge in [-0.25, -0.2) is 8.42 Å². The van der Waals surface area contributed by atoms with Gasteiger partial charge < -0.3 is 5.32 Å². The third kappa shape index (κ3) is 3.16. The van der Waals surface area contributed by atoms with Crippen molar-refractivity contribution < 1.29 is 8.42 Å². The number of aryl methyl sites for hydroxylation is 1. The van der Waals surface area contributed by atoms with E-state index >= 15 is 0 Å². The van der Waals surface area contributed by atoms with Crippen LogP contribution in [0.4, 0.5) is 0 Å². The molecule has 1 fully saturated rings. The van der Waals surface area contributed by atoms with Crippen molar-refractivity contribution in [3.05, 3.63) is 11.9 Å². The molecule has 0 spiro atoms. The van der Waals surface area contributed by atoms with E-state index in [-0.39, 0.29) is 0 Å². The molecule has 2 heterocycles. The number of hydrogen-bond donors (Lipinski definition) is 2. The highest BCUT2D eigenvalue weighted by Gasteiger charge is 2.30. The zero-order valence-corrected chi connectivity index (χ0v) is 12.3. The number of nitrogens with one attached hydrogen (secondary N) is 2. The molecule has 1 aromatic rings. The second-order valence-corrected chi connectivity index (χ2v) is 6.90. The smallest absolute Gasteiger partial charge is 0.246 e. The van der Waals surface area contributed by atoms with E-state index in [1.165, 1.54) is 6.20 Å². The first kappa shape index (κ1) is 14.5. The summed E-state index contributed by atoms with van der Waals surface area (Å²) in [6.07, 6.45) is 4.24. The van der Waals surface area contributed by atoms with Crippen LogP contribution < -0.4 is 5.32 Å². The minimum atomic E-state index is -3.38. The van der Waals surface area contributed by atoms with E-state index in [0.717, 1.165) is 25.8 Å². The lowest BCUT2D eigenvalue weighted by molar-refractivity contribution is 0.290. The third-order valence-corrected chi connectivity index (χ3v) is 5.55. The molecule has 0 atom stereocenters. The molecule has 0 saturated carbocycles. The Kier molecular flexibility index (Phi) is 4.59. The molecule has 1 aromatic heterocycles. The Morgan fingerprint density at radius 2 is 2.16 bits per heavy atom. The Morgan fingerprint density at radius 3 is 2.68 bits per heavy atom. The predicted molar refractivity (Wildman–Crippen MR) is 73.4 cm³/mol. The molecule has 108 valence electrons. The van der Waals surface area contributed by atoms with Gasteiger partial charge in [0.1, 0.15) is 4.90 Å². The maximum atomic E-state index is 12.4. The lowest BCUT2D eigenvalue weighted by Crippen LogP contribution is -2.45. The van der Waals surface area contributed by atoms with E-state index in [9.17, 15) is 8.42 Å². The van der Waals surface area contributed by atoms with Crippen LogP contribution in [0.1, 0.15) is 31.9 Å². The summed E-state index contributed by atoms with van der Waals surface area (Å²) in [4.78, 5) is 0.299. The first-order chi connectivity index (χ1) is 9.05. The molecule has 0 bridgehead atoms. The molecule has 19 heavy (non-hydrogen) atoms. The zero-order chi connectivity index (χ0) is 13.9. The first-order valence-corrected chi connectivity index (χ1v) is 8.23. The Bertz CT molecular complexity index is 504. The maximum Gasteiger partial charge on any atom is 0.246 e. The lowest BCUT2D eigenvalue weighted by atomic mass is 10.1. The number of aromatic nitrogens is 2.